The van der Waals surface area contributed by atoms with Crippen LogP contribution in [0, 0.1) is 0 Å². The van der Waals surface area contributed by atoms with Gasteiger partial charge in [-0.2, -0.15) is 0 Å². The molecule has 0 atom stereocenters. The van der Waals surface area contributed by atoms with E-state index in [-0.39, 0.29) is 11.8 Å². The van der Waals surface area contributed by atoms with Gasteiger partial charge in [0.2, 0.25) is 0 Å². The SMILES string of the molecule is CC(C)N1CCN(C(=O)c2ccccc2)CC1.CC(C)N1CCN(C(=O)c2ccccc2)CC1. The molecular formula is C28H40N4O2. The van der Waals surface area contributed by atoms with E-state index >= 15 is 0 Å². The molecular weight excluding hydrogens is 424 g/mol. The maximum Gasteiger partial charge on any atom is 0.253 e. The van der Waals surface area contributed by atoms with Crippen molar-refractivity contribution >= 4 is 11.8 Å². The van der Waals surface area contributed by atoms with E-state index in [1.807, 2.05) is 70.5 Å². The van der Waals surface area contributed by atoms with E-state index in [0.717, 1.165) is 63.5 Å². The summed E-state index contributed by atoms with van der Waals surface area (Å²) in [5.74, 6) is 0.322. The van der Waals surface area contributed by atoms with Gasteiger partial charge in [0.15, 0.2) is 0 Å². The van der Waals surface area contributed by atoms with Gasteiger partial charge in [0.1, 0.15) is 0 Å². The summed E-state index contributed by atoms with van der Waals surface area (Å²) < 4.78 is 0. The maximum absolute atomic E-state index is 12.2. The molecule has 0 radical (unpaired) electrons. The number of hydrogen-bond acceptors (Lipinski definition) is 4. The van der Waals surface area contributed by atoms with Crippen LogP contribution in [0.1, 0.15) is 48.4 Å². The minimum Gasteiger partial charge on any atom is -0.336 e. The maximum atomic E-state index is 12.2. The first-order valence-corrected chi connectivity index (χ1v) is 12.5. The van der Waals surface area contributed by atoms with Crippen molar-refractivity contribution < 1.29 is 9.59 Å². The van der Waals surface area contributed by atoms with Gasteiger partial charge >= 0.3 is 0 Å². The summed E-state index contributed by atoms with van der Waals surface area (Å²) in [5, 5.41) is 0. The van der Waals surface area contributed by atoms with Gasteiger partial charge < -0.3 is 9.80 Å². The highest BCUT2D eigenvalue weighted by Gasteiger charge is 2.24. The molecule has 2 saturated heterocycles. The number of amides is 2. The molecule has 0 saturated carbocycles. The molecule has 2 aromatic rings. The Bertz CT molecular complexity index is 810. The lowest BCUT2D eigenvalue weighted by Gasteiger charge is -2.36. The second kappa shape index (κ2) is 12.7. The lowest BCUT2D eigenvalue weighted by atomic mass is 10.1. The zero-order chi connectivity index (χ0) is 24.5. The summed E-state index contributed by atoms with van der Waals surface area (Å²) in [6.07, 6.45) is 0. The van der Waals surface area contributed by atoms with E-state index in [9.17, 15) is 9.59 Å². The van der Waals surface area contributed by atoms with E-state index in [4.69, 9.17) is 0 Å². The number of benzene rings is 2. The van der Waals surface area contributed by atoms with Gasteiger partial charge in [0, 0.05) is 75.6 Å². The lowest BCUT2D eigenvalue weighted by molar-refractivity contribution is 0.0590. The third-order valence-electron chi connectivity index (χ3n) is 6.71. The van der Waals surface area contributed by atoms with Gasteiger partial charge in [-0.1, -0.05) is 36.4 Å². The predicted octanol–water partition coefficient (Wildman–Crippen LogP) is 3.71. The summed E-state index contributed by atoms with van der Waals surface area (Å²) in [7, 11) is 0. The number of nitrogens with zero attached hydrogens (tertiary/aromatic N) is 4. The molecule has 2 heterocycles. The van der Waals surface area contributed by atoms with Crippen LogP contribution in [0.2, 0.25) is 0 Å². The Morgan fingerprint density at radius 3 is 1.09 bits per heavy atom. The molecule has 0 spiro atoms. The zero-order valence-corrected chi connectivity index (χ0v) is 21.2. The number of piperazine rings is 2. The van der Waals surface area contributed by atoms with Crippen LogP contribution >= 0.6 is 0 Å². The molecule has 2 aliphatic rings. The second-order valence-corrected chi connectivity index (χ2v) is 9.58. The Balaban J connectivity index is 0.000000191. The van der Waals surface area contributed by atoms with Crippen molar-refractivity contribution in [3.63, 3.8) is 0 Å². The summed E-state index contributed by atoms with van der Waals surface area (Å²) in [6, 6.07) is 20.2. The standard InChI is InChI=1S/2C14H20N2O/c2*1-12(2)15-8-10-16(11-9-15)14(17)13-6-4-3-5-7-13/h2*3-7,12H,8-11H2,1-2H3. The van der Waals surface area contributed by atoms with Crippen molar-refractivity contribution in [1.82, 2.24) is 19.6 Å². The molecule has 2 aromatic carbocycles. The van der Waals surface area contributed by atoms with Gasteiger partial charge in [-0.25, -0.2) is 0 Å². The van der Waals surface area contributed by atoms with Gasteiger partial charge in [0.05, 0.1) is 0 Å². The van der Waals surface area contributed by atoms with Gasteiger partial charge in [-0.05, 0) is 52.0 Å². The molecule has 2 aliphatic heterocycles. The van der Waals surface area contributed by atoms with Crippen molar-refractivity contribution in [3.8, 4) is 0 Å². The molecule has 6 nitrogen and oxygen atoms in total. The van der Waals surface area contributed by atoms with Crippen LogP contribution in [0.25, 0.3) is 0 Å². The summed E-state index contributed by atoms with van der Waals surface area (Å²) in [5.41, 5.74) is 1.59. The molecule has 0 aromatic heterocycles. The largest absolute Gasteiger partial charge is 0.336 e. The molecule has 34 heavy (non-hydrogen) atoms. The van der Waals surface area contributed by atoms with Crippen molar-refractivity contribution in [1.29, 1.82) is 0 Å². The van der Waals surface area contributed by atoms with Crippen LogP contribution in [0.4, 0.5) is 0 Å². The van der Waals surface area contributed by atoms with E-state index in [1.54, 1.807) is 0 Å². The second-order valence-electron chi connectivity index (χ2n) is 9.58. The molecule has 0 unspecified atom stereocenters. The van der Waals surface area contributed by atoms with Crippen LogP contribution in [0.15, 0.2) is 60.7 Å². The average Bonchev–Trinajstić information content (AvgIpc) is 2.89. The number of hydrogen-bond donors (Lipinski definition) is 0. The van der Waals surface area contributed by atoms with E-state index in [0.29, 0.717) is 12.1 Å². The minimum atomic E-state index is 0.161. The third kappa shape index (κ3) is 7.15. The normalized spacial score (nSPS) is 17.5. The summed E-state index contributed by atoms with van der Waals surface area (Å²) >= 11 is 0. The first-order chi connectivity index (χ1) is 16.4. The monoisotopic (exact) mass is 464 g/mol. The number of carbonyl (C=O) groups is 2. The Kier molecular flexibility index (Phi) is 9.66. The highest BCUT2D eigenvalue weighted by Crippen LogP contribution is 2.11. The number of rotatable bonds is 4. The van der Waals surface area contributed by atoms with Crippen LogP contribution in [0.3, 0.4) is 0 Å². The Hall–Kier alpha value is -2.70. The zero-order valence-electron chi connectivity index (χ0n) is 21.2. The van der Waals surface area contributed by atoms with Gasteiger partial charge in [-0.15, -0.1) is 0 Å². The summed E-state index contributed by atoms with van der Waals surface area (Å²) in [6.45, 7) is 16.1. The van der Waals surface area contributed by atoms with Gasteiger partial charge in [-0.3, -0.25) is 19.4 Å². The summed E-state index contributed by atoms with van der Waals surface area (Å²) in [4.78, 5) is 33.1. The fraction of sp³-hybridized carbons (Fsp3) is 0.500. The van der Waals surface area contributed by atoms with Crippen molar-refractivity contribution in [2.24, 2.45) is 0 Å². The van der Waals surface area contributed by atoms with Crippen LogP contribution in [-0.4, -0.2) is 95.9 Å². The van der Waals surface area contributed by atoms with Crippen molar-refractivity contribution in [2.45, 2.75) is 39.8 Å². The van der Waals surface area contributed by atoms with Crippen molar-refractivity contribution in [2.75, 3.05) is 52.4 Å². The molecule has 6 heteroatoms. The third-order valence-corrected chi connectivity index (χ3v) is 6.71. The van der Waals surface area contributed by atoms with E-state index in [2.05, 4.69) is 37.5 Å². The first kappa shape index (κ1) is 25.9. The fourth-order valence-electron chi connectivity index (χ4n) is 4.41. The molecule has 0 aliphatic carbocycles. The molecule has 0 N–H and O–H groups in total. The van der Waals surface area contributed by atoms with Gasteiger partial charge in [0.25, 0.3) is 11.8 Å². The highest BCUT2D eigenvalue weighted by atomic mass is 16.2. The average molecular weight is 465 g/mol. The fourth-order valence-corrected chi connectivity index (χ4v) is 4.41. The Morgan fingerprint density at radius 2 is 0.824 bits per heavy atom. The van der Waals surface area contributed by atoms with Crippen molar-refractivity contribution in [3.05, 3.63) is 71.8 Å². The highest BCUT2D eigenvalue weighted by molar-refractivity contribution is 5.94. The molecule has 2 fully saturated rings. The topological polar surface area (TPSA) is 47.1 Å². The van der Waals surface area contributed by atoms with Crippen LogP contribution in [-0.2, 0) is 0 Å². The number of carbonyl (C=O) groups excluding carboxylic acids is 2. The first-order valence-electron chi connectivity index (χ1n) is 12.5. The Labute approximate surface area is 205 Å². The quantitative estimate of drug-likeness (QED) is 0.692. The molecule has 184 valence electrons. The minimum absolute atomic E-state index is 0.161. The van der Waals surface area contributed by atoms with Crippen LogP contribution < -0.4 is 0 Å². The smallest absolute Gasteiger partial charge is 0.253 e. The Morgan fingerprint density at radius 1 is 0.529 bits per heavy atom. The lowest BCUT2D eigenvalue weighted by Crippen LogP contribution is -2.50. The molecule has 4 rings (SSSR count). The van der Waals surface area contributed by atoms with Crippen LogP contribution in [0.5, 0.6) is 0 Å². The molecule has 2 amide bonds. The van der Waals surface area contributed by atoms with E-state index in [1.165, 1.54) is 0 Å². The molecule has 0 bridgehead atoms. The predicted molar refractivity (Wildman–Crippen MR) is 138 cm³/mol. The van der Waals surface area contributed by atoms with E-state index < -0.39 is 0 Å².